The molecule has 0 radical (unpaired) electrons. The van der Waals surface area contributed by atoms with Crippen molar-refractivity contribution in [3.05, 3.63) is 53.1 Å². The number of ether oxygens (including phenoxy) is 3. The number of amides is 1. The Labute approximate surface area is 200 Å². The maximum Gasteiger partial charge on any atom is 0.291 e. The molecule has 182 valence electrons. The molecule has 1 saturated heterocycles. The van der Waals surface area contributed by atoms with E-state index in [4.69, 9.17) is 14.2 Å². The van der Waals surface area contributed by atoms with Gasteiger partial charge in [0, 0.05) is 24.1 Å². The fourth-order valence-corrected chi connectivity index (χ4v) is 4.46. The number of hydrogen-bond acceptors (Lipinski definition) is 6. The number of carbonyl (C=O) groups excluding carboxylic acids is 3. The van der Waals surface area contributed by atoms with Gasteiger partial charge in [-0.2, -0.15) is 0 Å². The zero-order valence-electron chi connectivity index (χ0n) is 20.6. The Morgan fingerprint density at radius 3 is 2.24 bits per heavy atom. The molecule has 0 aromatic heterocycles. The van der Waals surface area contributed by atoms with Crippen LogP contribution in [0.3, 0.4) is 0 Å². The van der Waals surface area contributed by atoms with Crippen molar-refractivity contribution in [2.75, 3.05) is 48.5 Å². The number of likely N-dealkylation sites (tertiary alicyclic amines) is 1. The van der Waals surface area contributed by atoms with Gasteiger partial charge in [-0.25, -0.2) is 0 Å². The summed E-state index contributed by atoms with van der Waals surface area (Å²) in [6.45, 7) is 3.00. The second-order valence-corrected chi connectivity index (χ2v) is 8.75. The van der Waals surface area contributed by atoms with E-state index in [-0.39, 0.29) is 0 Å². The Morgan fingerprint density at radius 1 is 0.971 bits per heavy atom. The summed E-state index contributed by atoms with van der Waals surface area (Å²) in [4.78, 5) is 42.9. The number of aryl methyl sites for hydroxylation is 1. The molecule has 8 heteroatoms. The molecule has 0 bridgehead atoms. The van der Waals surface area contributed by atoms with Crippen molar-refractivity contribution in [1.82, 2.24) is 4.90 Å². The van der Waals surface area contributed by atoms with Gasteiger partial charge in [0.2, 0.25) is 5.78 Å². The molecule has 1 fully saturated rings. The molecule has 2 aromatic rings. The van der Waals surface area contributed by atoms with Crippen LogP contribution in [0.5, 0.6) is 17.2 Å². The van der Waals surface area contributed by atoms with Crippen LogP contribution < -0.4 is 19.1 Å². The van der Waals surface area contributed by atoms with Crippen molar-refractivity contribution in [2.24, 2.45) is 5.92 Å². The van der Waals surface area contributed by atoms with E-state index in [1.165, 1.54) is 24.0 Å². The summed E-state index contributed by atoms with van der Waals surface area (Å²) in [7, 11) is 8.67. The third kappa shape index (κ3) is 4.92. The van der Waals surface area contributed by atoms with Gasteiger partial charge in [0.1, 0.15) is 23.2 Å². The van der Waals surface area contributed by atoms with E-state index in [1.54, 1.807) is 43.5 Å². The Kier molecular flexibility index (Phi) is 7.94. The van der Waals surface area contributed by atoms with Crippen molar-refractivity contribution in [1.29, 1.82) is 0 Å². The quantitative estimate of drug-likeness (QED) is 0.323. The molecule has 0 spiro atoms. The molecule has 1 amide bonds. The van der Waals surface area contributed by atoms with E-state index in [1.807, 2.05) is 21.0 Å². The summed E-state index contributed by atoms with van der Waals surface area (Å²) < 4.78 is 16.3. The molecule has 1 N–H and O–H groups in total. The number of ketones is 2. The first-order valence-electron chi connectivity index (χ1n) is 11.3. The van der Waals surface area contributed by atoms with Crippen LogP contribution in [0, 0.1) is 12.8 Å². The van der Waals surface area contributed by atoms with Gasteiger partial charge < -0.3 is 24.0 Å². The smallest absolute Gasteiger partial charge is 0.291 e. The minimum atomic E-state index is -1.19. The monoisotopic (exact) mass is 469 g/mol. The summed E-state index contributed by atoms with van der Waals surface area (Å²) in [5.74, 6) is -1.26. The van der Waals surface area contributed by atoms with Crippen LogP contribution in [0.15, 0.2) is 36.4 Å². The second-order valence-electron chi connectivity index (χ2n) is 8.75. The summed E-state index contributed by atoms with van der Waals surface area (Å²) in [6.07, 6.45) is 0.687. The first-order valence-corrected chi connectivity index (χ1v) is 11.3. The molecule has 34 heavy (non-hydrogen) atoms. The zero-order chi connectivity index (χ0) is 25.0. The maximum atomic E-state index is 13.7. The number of quaternary nitrogens is 1. The Hall–Kier alpha value is -3.39. The van der Waals surface area contributed by atoms with Crippen molar-refractivity contribution in [3.63, 3.8) is 0 Å². The largest absolute Gasteiger partial charge is 0.497 e. The fourth-order valence-electron chi connectivity index (χ4n) is 4.46. The first-order chi connectivity index (χ1) is 16.2. The van der Waals surface area contributed by atoms with Gasteiger partial charge in [0.05, 0.1) is 48.0 Å². The van der Waals surface area contributed by atoms with E-state index in [0.29, 0.717) is 41.3 Å². The standard InChI is InChI=1S/C26H32N2O6/c1-16-14-17(8-10-20(16)33-5)24(29)22-23(19-15-18(32-4)9-11-21(19)34-6)28(26(31)25(22)30)13-7-12-27(2)3/h8-11,14-15,22-23H,7,12-13H2,1-6H3/p+1. The van der Waals surface area contributed by atoms with Gasteiger partial charge in [-0.05, 0) is 48.9 Å². The molecular formula is C26H33N2O6+. The SMILES string of the molecule is COc1ccc(OC)c(C2C(C(=O)c3ccc(OC)c(C)c3)C(=O)C(=O)N2CCC[NH+](C)C)c1. The molecule has 1 aliphatic heterocycles. The predicted octanol–water partition coefficient (Wildman–Crippen LogP) is 1.51. The molecule has 0 saturated carbocycles. The van der Waals surface area contributed by atoms with Crippen LogP contribution >= 0.6 is 0 Å². The average Bonchev–Trinajstić information content (AvgIpc) is 3.07. The van der Waals surface area contributed by atoms with Gasteiger partial charge >= 0.3 is 0 Å². The lowest BCUT2D eigenvalue weighted by Gasteiger charge is -2.29. The Bertz CT molecular complexity index is 1080. The molecule has 8 nitrogen and oxygen atoms in total. The van der Waals surface area contributed by atoms with E-state index in [2.05, 4.69) is 0 Å². The molecule has 1 heterocycles. The lowest BCUT2D eigenvalue weighted by atomic mass is 9.85. The van der Waals surface area contributed by atoms with Gasteiger partial charge in [0.15, 0.2) is 5.78 Å². The number of hydrogen-bond donors (Lipinski definition) is 1. The third-order valence-electron chi connectivity index (χ3n) is 6.20. The highest BCUT2D eigenvalue weighted by Gasteiger charge is 2.52. The molecular weight excluding hydrogens is 436 g/mol. The third-order valence-corrected chi connectivity index (χ3v) is 6.20. The van der Waals surface area contributed by atoms with Gasteiger partial charge in [-0.15, -0.1) is 0 Å². The van der Waals surface area contributed by atoms with Crippen LogP contribution in [-0.4, -0.2) is 70.9 Å². The van der Waals surface area contributed by atoms with E-state index in [9.17, 15) is 14.4 Å². The van der Waals surface area contributed by atoms with Crippen molar-refractivity contribution in [3.8, 4) is 17.2 Å². The van der Waals surface area contributed by atoms with E-state index < -0.39 is 29.4 Å². The van der Waals surface area contributed by atoms with Gasteiger partial charge in [-0.1, -0.05) is 0 Å². The fraction of sp³-hybridized carbons (Fsp3) is 0.423. The average molecular weight is 470 g/mol. The van der Waals surface area contributed by atoms with Crippen LogP contribution in [-0.2, 0) is 9.59 Å². The van der Waals surface area contributed by atoms with Crippen molar-refractivity contribution in [2.45, 2.75) is 19.4 Å². The van der Waals surface area contributed by atoms with Gasteiger partial charge in [-0.3, -0.25) is 14.4 Å². The number of methoxy groups -OCH3 is 3. The Morgan fingerprint density at radius 2 is 1.65 bits per heavy atom. The number of rotatable bonds is 10. The van der Waals surface area contributed by atoms with Gasteiger partial charge in [0.25, 0.3) is 5.91 Å². The molecule has 2 unspecified atom stereocenters. The van der Waals surface area contributed by atoms with E-state index in [0.717, 1.165) is 12.1 Å². The number of nitrogens with one attached hydrogen (secondary N) is 1. The number of nitrogens with zero attached hydrogens (tertiary/aromatic N) is 1. The summed E-state index contributed by atoms with van der Waals surface area (Å²) in [5.41, 5.74) is 1.70. The topological polar surface area (TPSA) is 86.6 Å². The minimum Gasteiger partial charge on any atom is -0.497 e. The minimum absolute atomic E-state index is 0.353. The summed E-state index contributed by atoms with van der Waals surface area (Å²) in [5, 5.41) is 0. The zero-order valence-corrected chi connectivity index (χ0v) is 20.6. The second kappa shape index (κ2) is 10.7. The molecule has 3 rings (SSSR count). The van der Waals surface area contributed by atoms with Crippen LogP contribution in [0.4, 0.5) is 0 Å². The molecule has 0 aliphatic carbocycles. The van der Waals surface area contributed by atoms with Crippen LogP contribution in [0.1, 0.15) is 33.9 Å². The summed E-state index contributed by atoms with van der Waals surface area (Å²) in [6, 6.07) is 9.42. The summed E-state index contributed by atoms with van der Waals surface area (Å²) >= 11 is 0. The maximum absolute atomic E-state index is 13.7. The molecule has 2 atom stereocenters. The highest BCUT2D eigenvalue weighted by Crippen LogP contribution is 2.43. The van der Waals surface area contributed by atoms with Crippen LogP contribution in [0.2, 0.25) is 0 Å². The lowest BCUT2D eigenvalue weighted by molar-refractivity contribution is -0.858. The predicted molar refractivity (Wildman–Crippen MR) is 127 cm³/mol. The lowest BCUT2D eigenvalue weighted by Crippen LogP contribution is -3.05. The highest BCUT2D eigenvalue weighted by atomic mass is 16.5. The number of benzene rings is 2. The molecule has 2 aromatic carbocycles. The van der Waals surface area contributed by atoms with Crippen molar-refractivity contribution >= 4 is 17.5 Å². The Balaban J connectivity index is 2.11. The van der Waals surface area contributed by atoms with Crippen LogP contribution in [0.25, 0.3) is 0 Å². The van der Waals surface area contributed by atoms with Crippen molar-refractivity contribution < 1.29 is 33.5 Å². The number of Topliss-reactive ketones (excluding diaryl/α,β-unsaturated/α-hetero) is 2. The number of carbonyl (C=O) groups is 3. The normalized spacial score (nSPS) is 17.9. The highest BCUT2D eigenvalue weighted by molar-refractivity contribution is 6.44. The first kappa shape index (κ1) is 25.2. The molecule has 1 aliphatic rings. The van der Waals surface area contributed by atoms with E-state index >= 15 is 0 Å².